The van der Waals surface area contributed by atoms with Crippen LogP contribution in [-0.2, 0) is 9.59 Å². The average Bonchev–Trinajstić information content (AvgIpc) is 2.79. The molecule has 2 aliphatic heterocycles. The van der Waals surface area contributed by atoms with Crippen LogP contribution in [0, 0.1) is 5.92 Å². The van der Waals surface area contributed by atoms with E-state index in [9.17, 15) is 9.59 Å². The van der Waals surface area contributed by atoms with Crippen molar-refractivity contribution >= 4 is 11.8 Å². The van der Waals surface area contributed by atoms with E-state index < -0.39 is 0 Å². The maximum atomic E-state index is 12.3. The third kappa shape index (κ3) is 3.75. The number of piperidine rings is 1. The molecule has 2 atom stereocenters. The van der Waals surface area contributed by atoms with Gasteiger partial charge in [0.2, 0.25) is 11.8 Å². The van der Waals surface area contributed by atoms with Crippen LogP contribution in [0.25, 0.3) is 0 Å². The SMILES string of the molecule is CC(NC(=O)C1CCC(=O)NC1)c1ccc2c(c1)OCCCO2. The highest BCUT2D eigenvalue weighted by Crippen LogP contribution is 2.32. The number of benzene rings is 1. The van der Waals surface area contributed by atoms with Crippen molar-refractivity contribution < 1.29 is 19.1 Å². The predicted octanol–water partition coefficient (Wildman–Crippen LogP) is 1.55. The smallest absolute Gasteiger partial charge is 0.225 e. The zero-order valence-electron chi connectivity index (χ0n) is 13.3. The molecule has 23 heavy (non-hydrogen) atoms. The summed E-state index contributed by atoms with van der Waals surface area (Å²) in [5.74, 6) is 1.32. The third-order valence-corrected chi connectivity index (χ3v) is 4.27. The van der Waals surface area contributed by atoms with Crippen LogP contribution in [0.3, 0.4) is 0 Å². The summed E-state index contributed by atoms with van der Waals surface area (Å²) in [7, 11) is 0. The zero-order chi connectivity index (χ0) is 16.2. The highest BCUT2D eigenvalue weighted by Gasteiger charge is 2.25. The Labute approximate surface area is 135 Å². The molecule has 1 fully saturated rings. The molecule has 3 rings (SSSR count). The maximum absolute atomic E-state index is 12.3. The van der Waals surface area contributed by atoms with Crippen molar-refractivity contribution in [3.8, 4) is 11.5 Å². The molecule has 0 aromatic heterocycles. The highest BCUT2D eigenvalue weighted by atomic mass is 16.5. The summed E-state index contributed by atoms with van der Waals surface area (Å²) in [6, 6.07) is 5.63. The Morgan fingerprint density at radius 3 is 2.83 bits per heavy atom. The van der Waals surface area contributed by atoms with Crippen LogP contribution >= 0.6 is 0 Å². The summed E-state index contributed by atoms with van der Waals surface area (Å²) in [5, 5.41) is 5.75. The van der Waals surface area contributed by atoms with E-state index in [1.807, 2.05) is 25.1 Å². The normalized spacial score (nSPS) is 21.8. The van der Waals surface area contributed by atoms with Crippen LogP contribution in [0.5, 0.6) is 11.5 Å². The van der Waals surface area contributed by atoms with E-state index in [-0.39, 0.29) is 23.8 Å². The molecule has 0 radical (unpaired) electrons. The Morgan fingerprint density at radius 2 is 2.09 bits per heavy atom. The quantitative estimate of drug-likeness (QED) is 0.886. The van der Waals surface area contributed by atoms with Crippen LogP contribution in [0.4, 0.5) is 0 Å². The first-order valence-electron chi connectivity index (χ1n) is 8.10. The number of carbonyl (C=O) groups is 2. The van der Waals surface area contributed by atoms with Crippen molar-refractivity contribution in [3.63, 3.8) is 0 Å². The van der Waals surface area contributed by atoms with E-state index in [0.29, 0.717) is 32.6 Å². The molecule has 2 heterocycles. The summed E-state index contributed by atoms with van der Waals surface area (Å²) in [4.78, 5) is 23.5. The zero-order valence-corrected chi connectivity index (χ0v) is 13.3. The molecule has 0 aliphatic carbocycles. The van der Waals surface area contributed by atoms with Crippen molar-refractivity contribution in [1.29, 1.82) is 0 Å². The van der Waals surface area contributed by atoms with Gasteiger partial charge >= 0.3 is 0 Å². The molecule has 2 amide bonds. The largest absolute Gasteiger partial charge is 0.490 e. The van der Waals surface area contributed by atoms with E-state index in [2.05, 4.69) is 10.6 Å². The number of hydrogen-bond donors (Lipinski definition) is 2. The number of ether oxygens (including phenoxy) is 2. The molecular weight excluding hydrogens is 296 g/mol. The predicted molar refractivity (Wildman–Crippen MR) is 84.3 cm³/mol. The standard InChI is InChI=1S/C17H22N2O4/c1-11(19-17(21)13-4-6-16(20)18-10-13)12-3-5-14-15(9-12)23-8-2-7-22-14/h3,5,9,11,13H,2,4,6-8,10H2,1H3,(H,18,20)(H,19,21). The van der Waals surface area contributed by atoms with Crippen molar-refractivity contribution in [3.05, 3.63) is 23.8 Å². The molecule has 6 nitrogen and oxygen atoms in total. The van der Waals surface area contributed by atoms with Gasteiger partial charge in [0.25, 0.3) is 0 Å². The molecule has 2 unspecified atom stereocenters. The van der Waals surface area contributed by atoms with Gasteiger partial charge < -0.3 is 20.1 Å². The first-order valence-corrected chi connectivity index (χ1v) is 8.10. The molecule has 0 bridgehead atoms. The summed E-state index contributed by atoms with van der Waals surface area (Å²) in [6.45, 7) is 3.65. The number of carbonyl (C=O) groups excluding carboxylic acids is 2. The second-order valence-electron chi connectivity index (χ2n) is 6.03. The molecule has 2 aliphatic rings. The number of rotatable bonds is 3. The molecule has 1 aromatic rings. The number of nitrogens with one attached hydrogen (secondary N) is 2. The maximum Gasteiger partial charge on any atom is 0.225 e. The van der Waals surface area contributed by atoms with Crippen molar-refractivity contribution in [1.82, 2.24) is 10.6 Å². The van der Waals surface area contributed by atoms with Gasteiger partial charge in [-0.25, -0.2) is 0 Å². The minimum absolute atomic E-state index is 0.0185. The van der Waals surface area contributed by atoms with Crippen molar-refractivity contribution in [2.75, 3.05) is 19.8 Å². The first-order chi connectivity index (χ1) is 11.1. The summed E-state index contributed by atoms with van der Waals surface area (Å²) >= 11 is 0. The molecule has 2 N–H and O–H groups in total. The van der Waals surface area contributed by atoms with Gasteiger partial charge in [0.05, 0.1) is 25.2 Å². The number of amides is 2. The lowest BCUT2D eigenvalue weighted by atomic mass is 9.97. The van der Waals surface area contributed by atoms with Crippen molar-refractivity contribution in [2.45, 2.75) is 32.2 Å². The van der Waals surface area contributed by atoms with E-state index in [4.69, 9.17) is 9.47 Å². The fourth-order valence-electron chi connectivity index (χ4n) is 2.82. The first kappa shape index (κ1) is 15.6. The monoisotopic (exact) mass is 318 g/mol. The van der Waals surface area contributed by atoms with E-state index in [1.165, 1.54) is 0 Å². The summed E-state index contributed by atoms with van der Waals surface area (Å²) in [6.07, 6.45) is 1.88. The second kappa shape index (κ2) is 6.89. The van der Waals surface area contributed by atoms with E-state index in [1.54, 1.807) is 0 Å². The lowest BCUT2D eigenvalue weighted by Crippen LogP contribution is -2.43. The Bertz CT molecular complexity index is 592. The Balaban J connectivity index is 1.63. The number of fused-ring (bicyclic) bond motifs is 1. The Hall–Kier alpha value is -2.24. The van der Waals surface area contributed by atoms with Crippen LogP contribution < -0.4 is 20.1 Å². The topological polar surface area (TPSA) is 76.7 Å². The van der Waals surface area contributed by atoms with Gasteiger partial charge in [0.15, 0.2) is 11.5 Å². The van der Waals surface area contributed by atoms with Crippen LogP contribution in [0.2, 0.25) is 0 Å². The molecular formula is C17H22N2O4. The minimum atomic E-state index is -0.157. The van der Waals surface area contributed by atoms with Gasteiger partial charge in [-0.2, -0.15) is 0 Å². The van der Waals surface area contributed by atoms with Gasteiger partial charge in [-0.1, -0.05) is 6.07 Å². The van der Waals surface area contributed by atoms with Gasteiger partial charge in [0, 0.05) is 19.4 Å². The average molecular weight is 318 g/mol. The molecule has 0 saturated carbocycles. The molecule has 0 spiro atoms. The highest BCUT2D eigenvalue weighted by molar-refractivity contribution is 5.83. The number of hydrogen-bond acceptors (Lipinski definition) is 4. The minimum Gasteiger partial charge on any atom is -0.490 e. The van der Waals surface area contributed by atoms with Gasteiger partial charge in [0.1, 0.15) is 0 Å². The van der Waals surface area contributed by atoms with Crippen LogP contribution in [0.15, 0.2) is 18.2 Å². The van der Waals surface area contributed by atoms with Gasteiger partial charge in [-0.15, -0.1) is 0 Å². The summed E-state index contributed by atoms with van der Waals surface area (Å²) in [5.41, 5.74) is 0.974. The van der Waals surface area contributed by atoms with Crippen LogP contribution in [-0.4, -0.2) is 31.6 Å². The molecule has 124 valence electrons. The second-order valence-corrected chi connectivity index (χ2v) is 6.03. The van der Waals surface area contributed by atoms with E-state index in [0.717, 1.165) is 23.5 Å². The van der Waals surface area contributed by atoms with E-state index >= 15 is 0 Å². The van der Waals surface area contributed by atoms with Gasteiger partial charge in [-0.05, 0) is 31.0 Å². The Kier molecular flexibility index (Phi) is 4.69. The Morgan fingerprint density at radius 1 is 1.30 bits per heavy atom. The third-order valence-electron chi connectivity index (χ3n) is 4.27. The molecule has 1 aromatic carbocycles. The molecule has 6 heteroatoms. The lowest BCUT2D eigenvalue weighted by molar-refractivity contribution is -0.129. The van der Waals surface area contributed by atoms with Crippen molar-refractivity contribution in [2.24, 2.45) is 5.92 Å². The summed E-state index contributed by atoms with van der Waals surface area (Å²) < 4.78 is 11.3. The molecule has 1 saturated heterocycles. The fourth-order valence-corrected chi connectivity index (χ4v) is 2.82. The van der Waals surface area contributed by atoms with Crippen LogP contribution in [0.1, 0.15) is 37.8 Å². The fraction of sp³-hybridized carbons (Fsp3) is 0.529. The van der Waals surface area contributed by atoms with Gasteiger partial charge in [-0.3, -0.25) is 9.59 Å². The lowest BCUT2D eigenvalue weighted by Gasteiger charge is -2.24.